The lowest BCUT2D eigenvalue weighted by Gasteiger charge is -2.08. The first-order chi connectivity index (χ1) is 8.59. The van der Waals surface area contributed by atoms with Crippen molar-refractivity contribution in [2.45, 2.75) is 0 Å². The van der Waals surface area contributed by atoms with Crippen LogP contribution in [-0.2, 0) is 9.59 Å². The van der Waals surface area contributed by atoms with Crippen LogP contribution >= 0.6 is 34.5 Å². The standard InChI is InChI=1S/C11H4Cl2N2O2S/c12-7-8(13)10(17)15(9(7)16)11-14-5-3-1-2-4-6(5)18-11/h1-4H. The molecule has 0 saturated heterocycles. The number of benzene rings is 1. The van der Waals surface area contributed by atoms with Gasteiger partial charge in [-0.1, -0.05) is 46.7 Å². The van der Waals surface area contributed by atoms with Crippen LogP contribution in [0.4, 0.5) is 5.13 Å². The SMILES string of the molecule is O=C1C(Cl)=C(Cl)C(=O)N1c1nc2ccccc2s1. The summed E-state index contributed by atoms with van der Waals surface area (Å²) in [6, 6.07) is 7.35. The van der Waals surface area contributed by atoms with Gasteiger partial charge in [0.05, 0.1) is 10.2 Å². The second-order valence-corrected chi connectivity index (χ2v) is 5.30. The third-order valence-corrected chi connectivity index (χ3v) is 4.27. The normalized spacial score (nSPS) is 16.2. The number of halogens is 2. The van der Waals surface area contributed by atoms with E-state index in [1.807, 2.05) is 18.2 Å². The Kier molecular flexibility index (Phi) is 2.62. The Balaban J connectivity index is 2.12. The monoisotopic (exact) mass is 298 g/mol. The van der Waals surface area contributed by atoms with Gasteiger partial charge in [-0.3, -0.25) is 9.59 Å². The van der Waals surface area contributed by atoms with Crippen LogP contribution in [0, 0.1) is 0 Å². The summed E-state index contributed by atoms with van der Waals surface area (Å²) >= 11 is 12.6. The minimum Gasteiger partial charge on any atom is -0.267 e. The van der Waals surface area contributed by atoms with Gasteiger partial charge in [0.25, 0.3) is 11.8 Å². The molecule has 18 heavy (non-hydrogen) atoms. The molecule has 0 aliphatic carbocycles. The number of fused-ring (bicyclic) bond motifs is 1. The van der Waals surface area contributed by atoms with Crippen LogP contribution in [0.2, 0.25) is 0 Å². The molecule has 0 unspecified atom stereocenters. The van der Waals surface area contributed by atoms with Gasteiger partial charge in [-0.05, 0) is 12.1 Å². The second-order valence-electron chi connectivity index (χ2n) is 3.54. The van der Waals surface area contributed by atoms with Gasteiger partial charge in [0.1, 0.15) is 10.1 Å². The molecule has 7 heteroatoms. The highest BCUT2D eigenvalue weighted by molar-refractivity contribution is 7.22. The summed E-state index contributed by atoms with van der Waals surface area (Å²) in [6.07, 6.45) is 0. The zero-order chi connectivity index (χ0) is 12.9. The van der Waals surface area contributed by atoms with E-state index in [0.717, 1.165) is 15.1 Å². The van der Waals surface area contributed by atoms with E-state index >= 15 is 0 Å². The predicted octanol–water partition coefficient (Wildman–Crippen LogP) is 2.86. The summed E-state index contributed by atoms with van der Waals surface area (Å²) < 4.78 is 0.882. The highest BCUT2D eigenvalue weighted by atomic mass is 35.5. The summed E-state index contributed by atoms with van der Waals surface area (Å²) in [6.45, 7) is 0. The molecule has 2 heterocycles. The number of thiazole rings is 1. The van der Waals surface area contributed by atoms with Crippen LogP contribution < -0.4 is 4.90 Å². The molecule has 90 valence electrons. The Bertz CT molecular complexity index is 666. The molecular formula is C11H4Cl2N2O2S. The average Bonchev–Trinajstić information content (AvgIpc) is 2.86. The minimum absolute atomic E-state index is 0.263. The summed E-state index contributed by atoms with van der Waals surface area (Å²) in [7, 11) is 0. The lowest BCUT2D eigenvalue weighted by molar-refractivity contribution is -0.120. The molecule has 0 radical (unpaired) electrons. The Labute approximate surface area is 115 Å². The van der Waals surface area contributed by atoms with Crippen molar-refractivity contribution in [2.24, 2.45) is 0 Å². The van der Waals surface area contributed by atoms with Crippen molar-refractivity contribution < 1.29 is 9.59 Å². The Hall–Kier alpha value is -1.43. The van der Waals surface area contributed by atoms with E-state index in [1.165, 1.54) is 11.3 Å². The van der Waals surface area contributed by atoms with E-state index in [0.29, 0.717) is 0 Å². The largest absolute Gasteiger partial charge is 0.280 e. The third-order valence-electron chi connectivity index (χ3n) is 2.45. The highest BCUT2D eigenvalue weighted by Crippen LogP contribution is 2.35. The molecule has 0 bridgehead atoms. The molecule has 0 fully saturated rings. The van der Waals surface area contributed by atoms with E-state index in [-0.39, 0.29) is 15.2 Å². The Morgan fingerprint density at radius 2 is 1.67 bits per heavy atom. The Morgan fingerprint density at radius 3 is 2.28 bits per heavy atom. The first-order valence-electron chi connectivity index (χ1n) is 4.89. The first kappa shape index (κ1) is 11.6. The first-order valence-corrected chi connectivity index (χ1v) is 6.46. The molecule has 0 atom stereocenters. The van der Waals surface area contributed by atoms with Crippen molar-refractivity contribution in [2.75, 3.05) is 4.90 Å². The van der Waals surface area contributed by atoms with E-state index in [4.69, 9.17) is 23.2 Å². The molecule has 2 aromatic rings. The fraction of sp³-hybridized carbons (Fsp3) is 0. The van der Waals surface area contributed by atoms with Crippen LogP contribution in [0.15, 0.2) is 34.3 Å². The lowest BCUT2D eigenvalue weighted by Crippen LogP contribution is -2.30. The molecule has 3 rings (SSSR count). The van der Waals surface area contributed by atoms with Gasteiger partial charge in [-0.25, -0.2) is 9.88 Å². The van der Waals surface area contributed by atoms with Crippen LogP contribution in [0.25, 0.3) is 10.2 Å². The van der Waals surface area contributed by atoms with E-state index in [9.17, 15) is 9.59 Å². The maximum atomic E-state index is 11.8. The average molecular weight is 299 g/mol. The van der Waals surface area contributed by atoms with Gasteiger partial charge >= 0.3 is 0 Å². The van der Waals surface area contributed by atoms with Crippen molar-refractivity contribution in [3.8, 4) is 0 Å². The van der Waals surface area contributed by atoms with E-state index < -0.39 is 11.8 Å². The molecule has 0 saturated carbocycles. The van der Waals surface area contributed by atoms with Crippen LogP contribution in [0.1, 0.15) is 0 Å². The maximum Gasteiger partial charge on any atom is 0.280 e. The van der Waals surface area contributed by atoms with Gasteiger partial charge in [-0.15, -0.1) is 0 Å². The fourth-order valence-corrected chi connectivity index (χ4v) is 2.90. The summed E-state index contributed by atoms with van der Waals surface area (Å²) in [4.78, 5) is 28.7. The third kappa shape index (κ3) is 1.55. The number of imide groups is 1. The molecular weight excluding hydrogens is 295 g/mol. The van der Waals surface area contributed by atoms with Crippen molar-refractivity contribution in [1.29, 1.82) is 0 Å². The highest BCUT2D eigenvalue weighted by Gasteiger charge is 2.39. The zero-order valence-corrected chi connectivity index (χ0v) is 11.0. The maximum absolute atomic E-state index is 11.8. The minimum atomic E-state index is -0.634. The molecule has 4 nitrogen and oxygen atoms in total. The molecule has 2 amide bonds. The number of carbonyl (C=O) groups excluding carboxylic acids is 2. The van der Waals surface area contributed by atoms with Crippen molar-refractivity contribution in [1.82, 2.24) is 4.98 Å². The van der Waals surface area contributed by atoms with E-state index in [2.05, 4.69) is 4.98 Å². The number of amides is 2. The summed E-state index contributed by atoms with van der Waals surface area (Å²) in [5.41, 5.74) is 0.720. The molecule has 1 aliphatic heterocycles. The quantitative estimate of drug-likeness (QED) is 0.761. The molecule has 0 N–H and O–H groups in total. The number of hydrogen-bond donors (Lipinski definition) is 0. The lowest BCUT2D eigenvalue weighted by atomic mass is 10.3. The van der Waals surface area contributed by atoms with Crippen molar-refractivity contribution in [3.63, 3.8) is 0 Å². The number of aromatic nitrogens is 1. The van der Waals surface area contributed by atoms with Crippen LogP contribution in [-0.4, -0.2) is 16.8 Å². The molecule has 1 aliphatic rings. The number of para-hydroxylation sites is 1. The van der Waals surface area contributed by atoms with Crippen molar-refractivity contribution in [3.05, 3.63) is 34.3 Å². The molecule has 1 aromatic carbocycles. The summed E-state index contributed by atoms with van der Waals surface area (Å²) in [5, 5.41) is -0.248. The zero-order valence-electron chi connectivity index (χ0n) is 8.68. The van der Waals surface area contributed by atoms with Crippen molar-refractivity contribution >= 4 is 61.7 Å². The predicted molar refractivity (Wildman–Crippen MR) is 70.8 cm³/mol. The van der Waals surface area contributed by atoms with Gasteiger partial charge in [-0.2, -0.15) is 0 Å². The topological polar surface area (TPSA) is 50.3 Å². The summed E-state index contributed by atoms with van der Waals surface area (Å²) in [5.74, 6) is -1.27. The van der Waals surface area contributed by atoms with Gasteiger partial charge in [0.15, 0.2) is 0 Å². The number of hydrogen-bond acceptors (Lipinski definition) is 4. The molecule has 0 spiro atoms. The van der Waals surface area contributed by atoms with Crippen LogP contribution in [0.3, 0.4) is 0 Å². The van der Waals surface area contributed by atoms with E-state index in [1.54, 1.807) is 6.07 Å². The second kappa shape index (κ2) is 4.05. The smallest absolute Gasteiger partial charge is 0.267 e. The van der Waals surface area contributed by atoms with Crippen LogP contribution in [0.5, 0.6) is 0 Å². The number of anilines is 1. The molecule has 1 aromatic heterocycles. The fourth-order valence-electron chi connectivity index (χ4n) is 1.61. The number of nitrogens with zero attached hydrogens (tertiary/aromatic N) is 2. The Morgan fingerprint density at radius 1 is 1.06 bits per heavy atom. The van der Waals surface area contributed by atoms with Gasteiger partial charge in [0.2, 0.25) is 5.13 Å². The number of carbonyl (C=O) groups is 2. The van der Waals surface area contributed by atoms with Gasteiger partial charge in [0, 0.05) is 0 Å². The number of rotatable bonds is 1. The van der Waals surface area contributed by atoms with Gasteiger partial charge < -0.3 is 0 Å².